The second-order valence-corrected chi connectivity index (χ2v) is 37.7. The molecular formula is C133H90N12S. The molecule has 146 heavy (non-hydrogen) atoms. The van der Waals surface area contributed by atoms with E-state index in [0.29, 0.717) is 17.5 Å². The van der Waals surface area contributed by atoms with Gasteiger partial charge in [-0.3, -0.25) is 38.8 Å². The second-order valence-electron chi connectivity index (χ2n) is 36.7. The van der Waals surface area contributed by atoms with Gasteiger partial charge in [0.25, 0.3) is 0 Å². The van der Waals surface area contributed by atoms with Crippen LogP contribution in [-0.4, -0.2) is 44.0 Å². The van der Waals surface area contributed by atoms with E-state index >= 15 is 0 Å². The fraction of sp³-hybridized carbons (Fsp3) is 0.0150. The number of anilines is 9. The SMILES string of the molecule is Cc1cccc(-c2cc(-c3cccc(C)n3)cc(-n3c4c(c5ccccc53)-c3ccccc3-c3ccccc3N4c3ccccc3)c2)n1.c1ccc(-c2cnc(-c3ccccc3)c(N3c4ccccc4-c4ccccc4-c4c3sc3ccccc43)n2)cc1.c1ccc(-c2nc(-c3ccccc3)nc(-c3cccc(-c4cccc(N5c6ccccc6-c6ccccc6-c6c5n(-c5ccccc5)c5ccccc65)c4)c3)n2)cc1. The van der Waals surface area contributed by atoms with Crippen molar-refractivity contribution in [3.63, 3.8) is 0 Å². The fourth-order valence-electron chi connectivity index (χ4n) is 21.2. The molecule has 3 aliphatic rings. The van der Waals surface area contributed by atoms with Crippen molar-refractivity contribution < 1.29 is 0 Å². The Bertz CT molecular complexity index is 9180. The van der Waals surface area contributed by atoms with E-state index in [0.717, 1.165) is 158 Å². The first-order valence-corrected chi connectivity index (χ1v) is 50.1. The molecule has 0 spiro atoms. The Balaban J connectivity index is 0.000000113. The smallest absolute Gasteiger partial charge is 0.165 e. The van der Waals surface area contributed by atoms with Gasteiger partial charge in [0.15, 0.2) is 23.3 Å². The summed E-state index contributed by atoms with van der Waals surface area (Å²) in [5, 5.41) is 4.80. The number of aryl methyl sites for hydroxylation is 2. The quantitative estimate of drug-likeness (QED) is 0.111. The Morgan fingerprint density at radius 2 is 0.562 bits per heavy atom. The van der Waals surface area contributed by atoms with Crippen molar-refractivity contribution in [2.75, 3.05) is 14.7 Å². The molecule has 10 heterocycles. The summed E-state index contributed by atoms with van der Waals surface area (Å²) in [5.41, 5.74) is 39.1. The molecular weight excluding hydrogens is 1800 g/mol. The molecule has 0 fully saturated rings. The van der Waals surface area contributed by atoms with Crippen LogP contribution in [0.4, 0.5) is 50.9 Å². The summed E-state index contributed by atoms with van der Waals surface area (Å²) in [6.45, 7) is 4.09. The summed E-state index contributed by atoms with van der Waals surface area (Å²) in [6.07, 6.45) is 1.89. The maximum absolute atomic E-state index is 5.39. The highest BCUT2D eigenvalue weighted by Gasteiger charge is 2.38. The standard InChI is InChI=1S/C53H35N5.C44H32N4.C36H23N3S/c1-4-18-36(19-5-1)50-54-51(37-20-6-2-7-21-37)56-52(55-50)40-24-16-22-38(34-40)39-23-17-27-42(35-39)58-47-32-14-12-29-44(47)43-28-10-11-30-45(43)49-46-31-13-15-33-48(46)57(53(49)58)41-25-8-3-9-26-41;1-29-14-12-22-39(45-29)31-26-32(40-23-13-15-30(2)46-40)28-34(27-31)48-42-25-11-9-21-38(42)43-37-20-7-6-18-35(37)36-19-8-10-24-41(36)47(44(43)48)33-16-4-3-5-17-33;1-3-13-24(14-4-1)30-23-37-34(25-15-5-2-6-16-25)35(38-30)39-31-21-11-9-18-27(31)26-17-7-8-19-28(26)33-29-20-10-12-22-32(29)40-36(33)39/h1-35H;3-28H,1-2H3;1-23H. The first kappa shape index (κ1) is 87.1. The van der Waals surface area contributed by atoms with Crippen LogP contribution in [0.25, 0.3) is 200 Å². The van der Waals surface area contributed by atoms with Gasteiger partial charge < -0.3 is 0 Å². The van der Waals surface area contributed by atoms with E-state index in [4.69, 9.17) is 34.9 Å². The third-order valence-corrected chi connectivity index (χ3v) is 28.9. The van der Waals surface area contributed by atoms with E-state index in [9.17, 15) is 0 Å². The molecule has 0 amide bonds. The maximum atomic E-state index is 5.39. The van der Waals surface area contributed by atoms with Crippen molar-refractivity contribution in [1.82, 2.24) is 44.0 Å². The zero-order chi connectivity index (χ0) is 97.1. The summed E-state index contributed by atoms with van der Waals surface area (Å²) in [6, 6.07) is 178. The van der Waals surface area contributed by atoms with Gasteiger partial charge in [0.2, 0.25) is 0 Å². The highest BCUT2D eigenvalue weighted by molar-refractivity contribution is 7.23. The van der Waals surface area contributed by atoms with E-state index in [1.165, 1.54) is 87.6 Å². The lowest BCUT2D eigenvalue weighted by molar-refractivity contribution is 1.07. The number of hydrogen-bond donors (Lipinski definition) is 0. The van der Waals surface area contributed by atoms with Gasteiger partial charge >= 0.3 is 0 Å². The number of benzene rings is 18. The molecule has 12 nitrogen and oxygen atoms in total. The number of para-hydroxylation sites is 7. The van der Waals surface area contributed by atoms with Crippen LogP contribution in [0.15, 0.2) is 510 Å². The monoisotopic (exact) mass is 1890 g/mol. The minimum Gasteiger partial charge on any atom is -0.295 e. The molecule has 25 aromatic rings. The largest absolute Gasteiger partial charge is 0.295 e. The number of nitrogens with zero attached hydrogens (tertiary/aromatic N) is 12. The van der Waals surface area contributed by atoms with Gasteiger partial charge in [-0.05, 0) is 180 Å². The second kappa shape index (κ2) is 37.4. The highest BCUT2D eigenvalue weighted by Crippen LogP contribution is 2.61. The topological polar surface area (TPSA) is 110 Å². The molecule has 3 aliphatic heterocycles. The first-order valence-electron chi connectivity index (χ1n) is 49.2. The highest BCUT2D eigenvalue weighted by atomic mass is 32.1. The summed E-state index contributed by atoms with van der Waals surface area (Å²) in [5.74, 6) is 4.92. The van der Waals surface area contributed by atoms with E-state index in [2.05, 4.69) is 430 Å². The van der Waals surface area contributed by atoms with Crippen LogP contribution in [0.3, 0.4) is 0 Å². The molecule has 0 radical (unpaired) electrons. The van der Waals surface area contributed by atoms with Gasteiger partial charge in [-0.25, -0.2) is 19.9 Å². The van der Waals surface area contributed by atoms with Crippen molar-refractivity contribution in [2.24, 2.45) is 0 Å². The number of rotatable bonds is 13. The zero-order valence-corrected chi connectivity index (χ0v) is 80.6. The van der Waals surface area contributed by atoms with Crippen LogP contribution in [-0.2, 0) is 0 Å². The lowest BCUT2D eigenvalue weighted by Crippen LogP contribution is -2.15. The molecule has 28 rings (SSSR count). The maximum Gasteiger partial charge on any atom is 0.165 e. The predicted octanol–water partition coefficient (Wildman–Crippen LogP) is 35.2. The molecule has 0 N–H and O–H groups in total. The van der Waals surface area contributed by atoms with Crippen LogP contribution >= 0.6 is 11.3 Å². The molecule has 0 aliphatic carbocycles. The minimum atomic E-state index is 0.627. The average molecular weight is 1890 g/mol. The van der Waals surface area contributed by atoms with Crippen LogP contribution in [0.2, 0.25) is 0 Å². The predicted molar refractivity (Wildman–Crippen MR) is 603 cm³/mol. The summed E-state index contributed by atoms with van der Waals surface area (Å²) < 4.78 is 6.11. The van der Waals surface area contributed by atoms with Crippen molar-refractivity contribution in [1.29, 1.82) is 0 Å². The van der Waals surface area contributed by atoms with Crippen molar-refractivity contribution in [3.05, 3.63) is 521 Å². The molecule has 0 bridgehead atoms. The Morgan fingerprint density at radius 1 is 0.212 bits per heavy atom. The molecule has 0 saturated carbocycles. The Morgan fingerprint density at radius 3 is 1.08 bits per heavy atom. The van der Waals surface area contributed by atoms with Crippen molar-refractivity contribution in [2.45, 2.75) is 13.8 Å². The molecule has 0 unspecified atom stereocenters. The van der Waals surface area contributed by atoms with Gasteiger partial charge in [-0.1, -0.05) is 382 Å². The number of thiophene rings is 1. The van der Waals surface area contributed by atoms with Crippen LogP contribution in [0.1, 0.15) is 11.4 Å². The third-order valence-electron chi connectivity index (χ3n) is 27.7. The molecule has 0 saturated heterocycles. The molecule has 7 aromatic heterocycles. The molecule has 0 atom stereocenters. The van der Waals surface area contributed by atoms with Crippen molar-refractivity contribution in [3.8, 4) is 168 Å². The van der Waals surface area contributed by atoms with E-state index in [1.54, 1.807) is 11.3 Å². The Labute approximate surface area is 850 Å². The summed E-state index contributed by atoms with van der Waals surface area (Å²) in [4.78, 5) is 42.6. The summed E-state index contributed by atoms with van der Waals surface area (Å²) in [7, 11) is 0. The fourth-order valence-corrected chi connectivity index (χ4v) is 22.5. The van der Waals surface area contributed by atoms with Gasteiger partial charge in [0.1, 0.15) is 22.3 Å². The minimum absolute atomic E-state index is 0.627. The third kappa shape index (κ3) is 15.7. The van der Waals surface area contributed by atoms with Crippen LogP contribution in [0, 0.1) is 13.8 Å². The van der Waals surface area contributed by atoms with Crippen LogP contribution in [0.5, 0.6) is 0 Å². The van der Waals surface area contributed by atoms with Gasteiger partial charge in [0.05, 0.1) is 51.4 Å². The number of fused-ring (bicyclic) bond motifs is 21. The number of pyridine rings is 2. The number of hydrogen-bond acceptors (Lipinski definition) is 11. The van der Waals surface area contributed by atoms with Gasteiger partial charge in [0, 0.05) is 127 Å². The van der Waals surface area contributed by atoms with E-state index in [1.807, 2.05) is 117 Å². The van der Waals surface area contributed by atoms with Gasteiger partial charge in [-0.15, -0.1) is 11.3 Å². The molecule has 18 aromatic carbocycles. The van der Waals surface area contributed by atoms with Crippen LogP contribution < -0.4 is 14.7 Å². The van der Waals surface area contributed by atoms with Gasteiger partial charge in [-0.2, -0.15) is 0 Å². The normalized spacial score (nSPS) is 11.9. The Kier molecular flexibility index (Phi) is 22.3. The summed E-state index contributed by atoms with van der Waals surface area (Å²) >= 11 is 1.81. The molecule has 13 heteroatoms. The number of aromatic nitrogens is 9. The lowest BCUT2D eigenvalue weighted by atomic mass is 9.94. The first-order chi connectivity index (χ1) is 72.3. The lowest BCUT2D eigenvalue weighted by Gasteiger charge is -2.28. The van der Waals surface area contributed by atoms with Crippen molar-refractivity contribution >= 4 is 94.1 Å². The Hall–Kier alpha value is -19.2. The average Bonchev–Trinajstić information content (AvgIpc) is 1.55. The van der Waals surface area contributed by atoms with E-state index < -0.39 is 0 Å². The zero-order valence-electron chi connectivity index (χ0n) is 79.8. The molecule has 688 valence electrons. The van der Waals surface area contributed by atoms with E-state index in [-0.39, 0.29) is 0 Å².